The van der Waals surface area contributed by atoms with Gasteiger partial charge in [0.25, 0.3) is 0 Å². The van der Waals surface area contributed by atoms with E-state index in [1.807, 2.05) is 18.6 Å². The average molecular weight is 339 g/mol. The van der Waals surface area contributed by atoms with Crippen LogP contribution in [0, 0.1) is 11.3 Å². The zero-order valence-electron chi connectivity index (χ0n) is 13.9. The van der Waals surface area contributed by atoms with Crippen molar-refractivity contribution in [3.8, 4) is 11.3 Å². The van der Waals surface area contributed by atoms with Gasteiger partial charge in [-0.3, -0.25) is 0 Å². The first kappa shape index (κ1) is 15.0. The number of aliphatic hydroxyl groups excluding tert-OH is 1. The molecule has 1 saturated carbocycles. The van der Waals surface area contributed by atoms with Crippen molar-refractivity contribution >= 4 is 6.09 Å². The van der Waals surface area contributed by atoms with Crippen molar-refractivity contribution in [1.29, 1.82) is 0 Å². The van der Waals surface area contributed by atoms with Crippen LogP contribution in [-0.2, 0) is 0 Å². The van der Waals surface area contributed by atoms with Crippen molar-refractivity contribution in [2.75, 3.05) is 13.1 Å². The molecule has 1 unspecified atom stereocenters. The van der Waals surface area contributed by atoms with Crippen molar-refractivity contribution in [2.45, 2.75) is 31.4 Å². The van der Waals surface area contributed by atoms with Crippen LogP contribution >= 0.6 is 0 Å². The van der Waals surface area contributed by atoms with E-state index in [4.69, 9.17) is 5.11 Å². The number of rotatable bonds is 1. The normalized spacial score (nSPS) is 29.2. The van der Waals surface area contributed by atoms with Crippen LogP contribution in [0.15, 0.2) is 36.8 Å². The quantitative estimate of drug-likeness (QED) is 0.837. The summed E-state index contributed by atoms with van der Waals surface area (Å²) in [6, 6.07) is 8.50. The Kier molecular flexibility index (Phi) is 3.04. The highest BCUT2D eigenvalue weighted by Gasteiger charge is 2.58. The summed E-state index contributed by atoms with van der Waals surface area (Å²) in [6.45, 7) is 1.05. The Morgan fingerprint density at radius 2 is 2.00 bits per heavy atom. The Hall–Kier alpha value is -2.34. The third-order valence-corrected chi connectivity index (χ3v) is 6.63. The Bertz CT molecular complexity index is 838. The van der Waals surface area contributed by atoms with Gasteiger partial charge in [-0.25, -0.2) is 9.78 Å². The van der Waals surface area contributed by atoms with E-state index in [9.17, 15) is 9.90 Å². The maximum atomic E-state index is 11.1. The fraction of sp³-hybridized carbons (Fsp3) is 0.474. The minimum Gasteiger partial charge on any atom is -0.465 e. The van der Waals surface area contributed by atoms with Crippen LogP contribution < -0.4 is 0 Å². The molecule has 1 saturated heterocycles. The van der Waals surface area contributed by atoms with Crippen LogP contribution in [0.5, 0.6) is 0 Å². The lowest BCUT2D eigenvalue weighted by Gasteiger charge is -2.57. The number of imidazole rings is 1. The lowest BCUT2D eigenvalue weighted by Crippen LogP contribution is -2.59. The van der Waals surface area contributed by atoms with Crippen LogP contribution in [0.2, 0.25) is 0 Å². The lowest BCUT2D eigenvalue weighted by atomic mass is 9.53. The molecular formula is C19H21N3O3. The number of amides is 1. The molecule has 0 bridgehead atoms. The van der Waals surface area contributed by atoms with Crippen molar-refractivity contribution in [3.63, 3.8) is 0 Å². The Morgan fingerprint density at radius 3 is 2.72 bits per heavy atom. The molecule has 2 aromatic rings. The fourth-order valence-corrected chi connectivity index (χ4v) is 5.23. The molecule has 1 spiro atoms. The molecule has 1 aromatic carbocycles. The predicted molar refractivity (Wildman–Crippen MR) is 91.2 cm³/mol. The van der Waals surface area contributed by atoms with Crippen molar-refractivity contribution in [1.82, 2.24) is 14.5 Å². The lowest BCUT2D eigenvalue weighted by molar-refractivity contribution is -0.155. The van der Waals surface area contributed by atoms with E-state index in [-0.39, 0.29) is 17.4 Å². The van der Waals surface area contributed by atoms with Gasteiger partial charge < -0.3 is 19.7 Å². The molecule has 2 N–H and O–H groups in total. The van der Waals surface area contributed by atoms with E-state index < -0.39 is 12.2 Å². The second kappa shape index (κ2) is 5.08. The minimum atomic E-state index is -0.854. The van der Waals surface area contributed by atoms with Gasteiger partial charge in [0.05, 0.1) is 30.4 Å². The second-order valence-electron chi connectivity index (χ2n) is 7.66. The van der Waals surface area contributed by atoms with Gasteiger partial charge in [-0.05, 0) is 24.8 Å². The molecule has 1 amide bonds. The van der Waals surface area contributed by atoms with Crippen LogP contribution in [0.25, 0.3) is 11.3 Å². The number of aliphatic hydroxyl groups is 1. The second-order valence-corrected chi connectivity index (χ2v) is 7.66. The Labute approximate surface area is 145 Å². The first-order valence-corrected chi connectivity index (χ1v) is 8.88. The van der Waals surface area contributed by atoms with Gasteiger partial charge in [-0.15, -0.1) is 0 Å². The number of benzene rings is 1. The molecule has 2 aliphatic heterocycles. The van der Waals surface area contributed by atoms with Crippen LogP contribution in [-0.4, -0.2) is 50.0 Å². The SMILES string of the molecule is O=C(O)N1CCC2(CC1)C[C@@H](C1c3ccccc3-c3cncn31)[C@H]2O. The predicted octanol–water partition coefficient (Wildman–Crippen LogP) is 2.59. The van der Waals surface area contributed by atoms with Gasteiger partial charge in [0.2, 0.25) is 0 Å². The molecule has 3 aliphatic rings. The Balaban J connectivity index is 1.41. The highest BCUT2D eigenvalue weighted by atomic mass is 16.4. The topological polar surface area (TPSA) is 78.6 Å². The molecule has 6 nitrogen and oxygen atoms in total. The van der Waals surface area contributed by atoms with Gasteiger partial charge in [0.15, 0.2) is 0 Å². The molecule has 5 rings (SSSR count). The number of likely N-dealkylation sites (tertiary alicyclic amines) is 1. The van der Waals surface area contributed by atoms with E-state index in [1.54, 1.807) is 0 Å². The molecule has 25 heavy (non-hydrogen) atoms. The summed E-state index contributed by atoms with van der Waals surface area (Å²) in [5.41, 5.74) is 3.48. The van der Waals surface area contributed by atoms with E-state index in [0.29, 0.717) is 13.1 Å². The number of nitrogens with zero attached hydrogens (tertiary/aromatic N) is 3. The highest BCUT2D eigenvalue weighted by Crippen LogP contribution is 2.59. The maximum Gasteiger partial charge on any atom is 0.407 e. The van der Waals surface area contributed by atoms with E-state index >= 15 is 0 Å². The molecule has 3 heterocycles. The zero-order valence-corrected chi connectivity index (χ0v) is 13.9. The third kappa shape index (κ3) is 1.94. The van der Waals surface area contributed by atoms with Gasteiger partial charge in [-0.2, -0.15) is 0 Å². The van der Waals surface area contributed by atoms with Gasteiger partial charge >= 0.3 is 6.09 Å². The summed E-state index contributed by atoms with van der Waals surface area (Å²) in [5, 5.41) is 20.2. The molecule has 3 atom stereocenters. The molecule has 130 valence electrons. The first-order chi connectivity index (χ1) is 12.1. The van der Waals surface area contributed by atoms with Crippen LogP contribution in [0.3, 0.4) is 0 Å². The highest BCUT2D eigenvalue weighted by molar-refractivity contribution is 5.69. The van der Waals surface area contributed by atoms with Crippen LogP contribution in [0.4, 0.5) is 4.79 Å². The number of carbonyl (C=O) groups is 1. The molecule has 1 aliphatic carbocycles. The maximum absolute atomic E-state index is 11.1. The van der Waals surface area contributed by atoms with Gasteiger partial charge in [0.1, 0.15) is 0 Å². The monoisotopic (exact) mass is 339 g/mol. The first-order valence-electron chi connectivity index (χ1n) is 8.88. The number of hydrogen-bond donors (Lipinski definition) is 2. The summed E-state index contributed by atoms with van der Waals surface area (Å²) in [5.74, 6) is 0.160. The fourth-order valence-electron chi connectivity index (χ4n) is 5.23. The summed E-state index contributed by atoms with van der Waals surface area (Å²) in [4.78, 5) is 16.9. The average Bonchev–Trinajstić information content (AvgIpc) is 3.21. The molecule has 6 heteroatoms. The van der Waals surface area contributed by atoms with Gasteiger partial charge in [0, 0.05) is 30.0 Å². The summed E-state index contributed by atoms with van der Waals surface area (Å²) < 4.78 is 2.19. The summed E-state index contributed by atoms with van der Waals surface area (Å²) in [7, 11) is 0. The molecule has 0 radical (unpaired) electrons. The van der Waals surface area contributed by atoms with Crippen molar-refractivity contribution in [2.24, 2.45) is 11.3 Å². The van der Waals surface area contributed by atoms with Crippen molar-refractivity contribution in [3.05, 3.63) is 42.4 Å². The Morgan fingerprint density at radius 1 is 1.24 bits per heavy atom. The van der Waals surface area contributed by atoms with E-state index in [2.05, 4.69) is 27.8 Å². The summed E-state index contributed by atoms with van der Waals surface area (Å²) in [6.07, 6.45) is 4.96. The largest absolute Gasteiger partial charge is 0.465 e. The van der Waals surface area contributed by atoms with E-state index in [0.717, 1.165) is 25.0 Å². The van der Waals surface area contributed by atoms with E-state index in [1.165, 1.54) is 16.0 Å². The molecule has 1 aromatic heterocycles. The number of carboxylic acid groups (broad SMARTS) is 1. The molecular weight excluding hydrogens is 318 g/mol. The van der Waals surface area contributed by atoms with Gasteiger partial charge in [-0.1, -0.05) is 24.3 Å². The minimum absolute atomic E-state index is 0.116. The van der Waals surface area contributed by atoms with Crippen molar-refractivity contribution < 1.29 is 15.0 Å². The smallest absolute Gasteiger partial charge is 0.407 e. The number of fused-ring (bicyclic) bond motifs is 3. The summed E-state index contributed by atoms with van der Waals surface area (Å²) >= 11 is 0. The number of hydrogen-bond acceptors (Lipinski definition) is 3. The van der Waals surface area contributed by atoms with Crippen LogP contribution in [0.1, 0.15) is 30.9 Å². The number of piperidine rings is 1. The molecule has 2 fully saturated rings. The standard InChI is InChI=1S/C19H21N3O3/c23-17-14(9-19(17)5-7-21(8-6-19)18(24)25)16-13-4-2-1-3-12(13)15-10-20-11-22(15)16/h1-4,10-11,14,16-17,23H,5-9H2,(H,24,25)/t14-,16?,17+/m0/s1. The third-order valence-electron chi connectivity index (χ3n) is 6.63. The number of aromatic nitrogens is 2. The zero-order chi connectivity index (χ0) is 17.2.